The van der Waals surface area contributed by atoms with Crippen LogP contribution in [0, 0.1) is 6.92 Å². The minimum Gasteiger partial charge on any atom is -0.383 e. The van der Waals surface area contributed by atoms with Gasteiger partial charge in [0.2, 0.25) is 0 Å². The number of aryl methyl sites for hydroxylation is 1. The van der Waals surface area contributed by atoms with Crippen molar-refractivity contribution >= 4 is 29.9 Å². The Morgan fingerprint density at radius 3 is 2.68 bits per heavy atom. The third-order valence-corrected chi connectivity index (χ3v) is 2.74. The standard InChI is InChI=1S/C13H19ClN2O2.ClH/c1-10-9-11(14)3-4-12(10)13(17)16-6-5-15-7-8-18-2;/h3-4,9,15H,5-8H2,1-2H3,(H,16,17);1H. The van der Waals surface area contributed by atoms with Crippen molar-refractivity contribution < 1.29 is 9.53 Å². The van der Waals surface area contributed by atoms with Gasteiger partial charge in [0.1, 0.15) is 0 Å². The first kappa shape index (κ1) is 18.2. The van der Waals surface area contributed by atoms with E-state index in [1.54, 1.807) is 25.3 Å². The fraction of sp³-hybridized carbons (Fsp3) is 0.462. The van der Waals surface area contributed by atoms with Gasteiger partial charge in [-0.2, -0.15) is 0 Å². The molecule has 6 heteroatoms. The second-order valence-electron chi connectivity index (χ2n) is 3.96. The maximum atomic E-state index is 11.9. The number of hydrogen-bond acceptors (Lipinski definition) is 3. The minimum absolute atomic E-state index is 0. The first-order valence-electron chi connectivity index (χ1n) is 5.89. The molecule has 0 heterocycles. The zero-order valence-corrected chi connectivity index (χ0v) is 12.7. The van der Waals surface area contributed by atoms with E-state index in [9.17, 15) is 4.79 Å². The lowest BCUT2D eigenvalue weighted by molar-refractivity contribution is 0.0953. The summed E-state index contributed by atoms with van der Waals surface area (Å²) in [5.41, 5.74) is 1.55. The molecule has 0 bridgehead atoms. The van der Waals surface area contributed by atoms with E-state index in [-0.39, 0.29) is 18.3 Å². The number of amides is 1. The highest BCUT2D eigenvalue weighted by Gasteiger charge is 2.07. The van der Waals surface area contributed by atoms with E-state index in [1.165, 1.54) is 0 Å². The molecule has 4 nitrogen and oxygen atoms in total. The molecule has 0 fully saturated rings. The Kier molecular flexibility index (Phi) is 9.61. The summed E-state index contributed by atoms with van der Waals surface area (Å²) in [6, 6.07) is 5.25. The molecule has 0 aliphatic heterocycles. The van der Waals surface area contributed by atoms with Crippen molar-refractivity contribution in [3.63, 3.8) is 0 Å². The molecule has 108 valence electrons. The maximum absolute atomic E-state index is 11.9. The normalized spacial score (nSPS) is 9.84. The van der Waals surface area contributed by atoms with Crippen LogP contribution in [0.4, 0.5) is 0 Å². The smallest absolute Gasteiger partial charge is 0.251 e. The summed E-state index contributed by atoms with van der Waals surface area (Å²) in [5.74, 6) is -0.0716. The molecule has 0 radical (unpaired) electrons. The van der Waals surface area contributed by atoms with Gasteiger partial charge in [-0.15, -0.1) is 12.4 Å². The molecule has 1 aromatic carbocycles. The van der Waals surface area contributed by atoms with E-state index in [2.05, 4.69) is 10.6 Å². The Morgan fingerprint density at radius 1 is 1.32 bits per heavy atom. The molecule has 0 aromatic heterocycles. The number of carbonyl (C=O) groups excluding carboxylic acids is 1. The van der Waals surface area contributed by atoms with Crippen molar-refractivity contribution in [3.05, 3.63) is 34.3 Å². The fourth-order valence-electron chi connectivity index (χ4n) is 1.54. The Balaban J connectivity index is 0.00000324. The van der Waals surface area contributed by atoms with Crippen LogP contribution in [0.2, 0.25) is 5.02 Å². The Hall–Kier alpha value is -0.810. The topological polar surface area (TPSA) is 50.4 Å². The summed E-state index contributed by atoms with van der Waals surface area (Å²) in [6.07, 6.45) is 0. The van der Waals surface area contributed by atoms with Crippen molar-refractivity contribution in [2.24, 2.45) is 0 Å². The quantitative estimate of drug-likeness (QED) is 0.758. The second kappa shape index (κ2) is 10.0. The van der Waals surface area contributed by atoms with Crippen molar-refractivity contribution in [2.75, 3.05) is 33.4 Å². The van der Waals surface area contributed by atoms with Gasteiger partial charge in [-0.25, -0.2) is 0 Å². The zero-order valence-electron chi connectivity index (χ0n) is 11.2. The molecular formula is C13H20Cl2N2O2. The van der Waals surface area contributed by atoms with Crippen LogP contribution in [0.3, 0.4) is 0 Å². The van der Waals surface area contributed by atoms with Gasteiger partial charge in [-0.05, 0) is 30.7 Å². The Morgan fingerprint density at radius 2 is 2.05 bits per heavy atom. The van der Waals surface area contributed by atoms with Gasteiger partial charge >= 0.3 is 0 Å². The van der Waals surface area contributed by atoms with E-state index >= 15 is 0 Å². The van der Waals surface area contributed by atoms with E-state index in [0.29, 0.717) is 23.7 Å². The average molecular weight is 307 g/mol. The number of nitrogens with one attached hydrogen (secondary N) is 2. The molecule has 1 amide bonds. The molecule has 0 aliphatic carbocycles. The van der Waals surface area contributed by atoms with Gasteiger partial charge in [0, 0.05) is 37.3 Å². The van der Waals surface area contributed by atoms with Gasteiger partial charge < -0.3 is 15.4 Å². The first-order valence-corrected chi connectivity index (χ1v) is 6.27. The highest BCUT2D eigenvalue weighted by Crippen LogP contribution is 2.14. The minimum atomic E-state index is -0.0716. The molecule has 0 atom stereocenters. The highest BCUT2D eigenvalue weighted by atomic mass is 35.5. The van der Waals surface area contributed by atoms with Crippen LogP contribution in [-0.4, -0.2) is 39.3 Å². The van der Waals surface area contributed by atoms with Gasteiger partial charge in [-0.1, -0.05) is 11.6 Å². The molecule has 1 rings (SSSR count). The van der Waals surface area contributed by atoms with Crippen molar-refractivity contribution in [2.45, 2.75) is 6.92 Å². The van der Waals surface area contributed by atoms with Crippen LogP contribution in [0.1, 0.15) is 15.9 Å². The van der Waals surface area contributed by atoms with Crippen LogP contribution < -0.4 is 10.6 Å². The van der Waals surface area contributed by atoms with Gasteiger partial charge in [0.25, 0.3) is 5.91 Å². The largest absolute Gasteiger partial charge is 0.383 e. The summed E-state index contributed by atoms with van der Waals surface area (Å²) in [5, 5.41) is 6.65. The van der Waals surface area contributed by atoms with Crippen molar-refractivity contribution in [1.82, 2.24) is 10.6 Å². The lowest BCUT2D eigenvalue weighted by Crippen LogP contribution is -2.33. The van der Waals surface area contributed by atoms with Crippen LogP contribution in [0.5, 0.6) is 0 Å². The van der Waals surface area contributed by atoms with Gasteiger partial charge in [-0.3, -0.25) is 4.79 Å². The lowest BCUT2D eigenvalue weighted by Gasteiger charge is -2.08. The number of halogens is 2. The Labute approximate surface area is 125 Å². The molecule has 0 saturated heterocycles. The van der Waals surface area contributed by atoms with Crippen LogP contribution in [0.15, 0.2) is 18.2 Å². The predicted molar refractivity (Wildman–Crippen MR) is 80.5 cm³/mol. The monoisotopic (exact) mass is 306 g/mol. The number of methoxy groups -OCH3 is 1. The van der Waals surface area contributed by atoms with Crippen molar-refractivity contribution in [1.29, 1.82) is 0 Å². The number of hydrogen-bond donors (Lipinski definition) is 2. The molecule has 0 aliphatic rings. The van der Waals surface area contributed by atoms with Crippen LogP contribution in [-0.2, 0) is 4.74 Å². The van der Waals surface area contributed by atoms with Crippen LogP contribution >= 0.6 is 24.0 Å². The third kappa shape index (κ3) is 6.78. The van der Waals surface area contributed by atoms with Crippen LogP contribution in [0.25, 0.3) is 0 Å². The predicted octanol–water partition coefficient (Wildman–Crippen LogP) is 2.04. The first-order chi connectivity index (χ1) is 8.65. The average Bonchev–Trinajstić information content (AvgIpc) is 2.33. The molecule has 19 heavy (non-hydrogen) atoms. The summed E-state index contributed by atoms with van der Waals surface area (Å²) < 4.78 is 4.90. The maximum Gasteiger partial charge on any atom is 0.251 e. The van der Waals surface area contributed by atoms with E-state index in [0.717, 1.165) is 18.7 Å². The van der Waals surface area contributed by atoms with E-state index < -0.39 is 0 Å². The van der Waals surface area contributed by atoms with E-state index in [1.807, 2.05) is 6.92 Å². The SMILES string of the molecule is COCCNCCNC(=O)c1ccc(Cl)cc1C.Cl. The number of ether oxygens (including phenoxy) is 1. The molecular weight excluding hydrogens is 287 g/mol. The molecule has 0 unspecified atom stereocenters. The number of rotatable bonds is 7. The highest BCUT2D eigenvalue weighted by molar-refractivity contribution is 6.30. The van der Waals surface area contributed by atoms with E-state index in [4.69, 9.17) is 16.3 Å². The fourth-order valence-corrected chi connectivity index (χ4v) is 1.77. The number of carbonyl (C=O) groups is 1. The number of benzene rings is 1. The van der Waals surface area contributed by atoms with Crippen molar-refractivity contribution in [3.8, 4) is 0 Å². The summed E-state index contributed by atoms with van der Waals surface area (Å²) in [6.45, 7) is 4.64. The van der Waals surface area contributed by atoms with Gasteiger partial charge in [0.05, 0.1) is 6.61 Å². The summed E-state index contributed by atoms with van der Waals surface area (Å²) in [4.78, 5) is 11.9. The third-order valence-electron chi connectivity index (χ3n) is 2.50. The molecule has 0 spiro atoms. The molecule has 1 aromatic rings. The lowest BCUT2D eigenvalue weighted by atomic mass is 10.1. The van der Waals surface area contributed by atoms with Gasteiger partial charge in [0.15, 0.2) is 0 Å². The summed E-state index contributed by atoms with van der Waals surface area (Å²) in [7, 11) is 1.66. The summed E-state index contributed by atoms with van der Waals surface area (Å²) >= 11 is 5.84. The zero-order chi connectivity index (χ0) is 13.4. The molecule has 2 N–H and O–H groups in total. The Bertz CT molecular complexity index is 400. The molecule has 0 saturated carbocycles. The second-order valence-corrected chi connectivity index (χ2v) is 4.39.